The lowest BCUT2D eigenvalue weighted by atomic mass is 10.2. The standard InChI is InChI=1S/C19H12Cl2N4/c20-13-7-8-16-14(10-13)19(24-17-6-2-1-5-15(17)21)25-18(23-16)12-4-3-9-22-11-12/h1-11H,(H,23,24,25). The van der Waals surface area contributed by atoms with E-state index in [9.17, 15) is 0 Å². The van der Waals surface area contributed by atoms with Gasteiger partial charge in [-0.3, -0.25) is 4.98 Å². The largest absolute Gasteiger partial charge is 0.338 e. The Morgan fingerprint density at radius 3 is 2.56 bits per heavy atom. The van der Waals surface area contributed by atoms with Crippen molar-refractivity contribution in [1.82, 2.24) is 15.0 Å². The minimum Gasteiger partial charge on any atom is -0.338 e. The minimum absolute atomic E-state index is 0.581. The lowest BCUT2D eigenvalue weighted by Crippen LogP contribution is -2.00. The summed E-state index contributed by atoms with van der Waals surface area (Å²) < 4.78 is 0. The van der Waals surface area contributed by atoms with Crippen LogP contribution in [0.15, 0.2) is 67.0 Å². The molecule has 0 aliphatic rings. The monoisotopic (exact) mass is 366 g/mol. The molecule has 1 N–H and O–H groups in total. The van der Waals surface area contributed by atoms with E-state index in [0.29, 0.717) is 21.7 Å². The number of nitrogens with zero attached hydrogens (tertiary/aromatic N) is 3. The Morgan fingerprint density at radius 2 is 1.76 bits per heavy atom. The molecular weight excluding hydrogens is 355 g/mol. The third-order valence-corrected chi connectivity index (χ3v) is 4.27. The molecule has 4 rings (SSSR count). The molecule has 0 unspecified atom stereocenters. The summed E-state index contributed by atoms with van der Waals surface area (Å²) >= 11 is 12.4. The quantitative estimate of drug-likeness (QED) is 0.502. The molecule has 0 saturated heterocycles. The first-order valence-electron chi connectivity index (χ1n) is 7.60. The SMILES string of the molecule is Clc1ccc2nc(-c3cccnc3)nc(Nc3ccccc3Cl)c2c1. The van der Waals surface area contributed by atoms with Gasteiger partial charge in [0, 0.05) is 28.4 Å². The zero-order valence-electron chi connectivity index (χ0n) is 12.9. The summed E-state index contributed by atoms with van der Waals surface area (Å²) in [6.45, 7) is 0. The lowest BCUT2D eigenvalue weighted by molar-refractivity contribution is 1.20. The number of fused-ring (bicyclic) bond motifs is 1. The molecule has 0 aliphatic carbocycles. The molecule has 0 bridgehead atoms. The van der Waals surface area contributed by atoms with E-state index in [1.54, 1.807) is 12.4 Å². The molecule has 6 heteroatoms. The van der Waals surface area contributed by atoms with Gasteiger partial charge in [-0.25, -0.2) is 9.97 Å². The van der Waals surface area contributed by atoms with Crippen LogP contribution in [-0.2, 0) is 0 Å². The van der Waals surface area contributed by atoms with E-state index in [4.69, 9.17) is 23.2 Å². The molecule has 122 valence electrons. The first kappa shape index (κ1) is 15.8. The average Bonchev–Trinajstić information content (AvgIpc) is 2.64. The molecule has 4 aromatic rings. The number of anilines is 2. The van der Waals surface area contributed by atoms with Crippen LogP contribution < -0.4 is 5.32 Å². The van der Waals surface area contributed by atoms with E-state index in [2.05, 4.69) is 20.3 Å². The summed E-state index contributed by atoms with van der Waals surface area (Å²) in [4.78, 5) is 13.4. The molecule has 2 heterocycles. The van der Waals surface area contributed by atoms with Crippen molar-refractivity contribution in [2.75, 3.05) is 5.32 Å². The molecule has 4 nitrogen and oxygen atoms in total. The molecule has 0 fully saturated rings. The van der Waals surface area contributed by atoms with Gasteiger partial charge >= 0.3 is 0 Å². The van der Waals surface area contributed by atoms with Crippen LogP contribution in [0.3, 0.4) is 0 Å². The molecule has 25 heavy (non-hydrogen) atoms. The highest BCUT2D eigenvalue weighted by Gasteiger charge is 2.11. The number of rotatable bonds is 3. The molecule has 0 saturated carbocycles. The van der Waals surface area contributed by atoms with E-state index < -0.39 is 0 Å². The first-order chi connectivity index (χ1) is 12.2. The molecule has 0 amide bonds. The van der Waals surface area contributed by atoms with Crippen molar-refractivity contribution in [3.8, 4) is 11.4 Å². The zero-order valence-corrected chi connectivity index (χ0v) is 14.5. The fourth-order valence-corrected chi connectivity index (χ4v) is 2.87. The maximum absolute atomic E-state index is 6.27. The smallest absolute Gasteiger partial charge is 0.163 e. The Kier molecular flexibility index (Phi) is 4.22. The van der Waals surface area contributed by atoms with Crippen LogP contribution in [-0.4, -0.2) is 15.0 Å². The van der Waals surface area contributed by atoms with Crippen LogP contribution in [0, 0.1) is 0 Å². The summed E-state index contributed by atoms with van der Waals surface area (Å²) in [6.07, 6.45) is 3.45. The number of hydrogen-bond donors (Lipinski definition) is 1. The number of halogens is 2. The van der Waals surface area contributed by atoms with Gasteiger partial charge in [0.05, 0.1) is 16.2 Å². The third-order valence-electron chi connectivity index (χ3n) is 3.70. The molecule has 0 radical (unpaired) electrons. The van der Waals surface area contributed by atoms with E-state index in [1.165, 1.54) is 0 Å². The van der Waals surface area contributed by atoms with Crippen molar-refractivity contribution in [3.05, 3.63) is 77.0 Å². The average molecular weight is 367 g/mol. The number of pyridine rings is 1. The van der Waals surface area contributed by atoms with E-state index >= 15 is 0 Å². The fourth-order valence-electron chi connectivity index (χ4n) is 2.51. The number of aromatic nitrogens is 3. The lowest BCUT2D eigenvalue weighted by Gasteiger charge is -2.12. The minimum atomic E-state index is 0.581. The predicted octanol–water partition coefficient (Wildman–Crippen LogP) is 5.74. The fraction of sp³-hybridized carbons (Fsp3) is 0. The molecular formula is C19H12Cl2N4. The Hall–Kier alpha value is -2.69. The summed E-state index contributed by atoms with van der Waals surface area (Å²) in [5, 5.41) is 5.34. The Balaban J connectivity index is 1.91. The first-order valence-corrected chi connectivity index (χ1v) is 8.35. The van der Waals surface area contributed by atoms with Crippen LogP contribution in [0.5, 0.6) is 0 Å². The van der Waals surface area contributed by atoms with Crippen molar-refractivity contribution < 1.29 is 0 Å². The summed E-state index contributed by atoms with van der Waals surface area (Å²) in [5.74, 6) is 1.22. The van der Waals surface area contributed by atoms with Gasteiger partial charge in [-0.15, -0.1) is 0 Å². The summed E-state index contributed by atoms with van der Waals surface area (Å²) in [6, 6.07) is 16.8. The molecule has 2 aromatic carbocycles. The molecule has 0 aliphatic heterocycles. The zero-order chi connectivity index (χ0) is 17.2. The second kappa shape index (κ2) is 6.67. The summed E-state index contributed by atoms with van der Waals surface area (Å²) in [5.41, 5.74) is 2.38. The topological polar surface area (TPSA) is 50.7 Å². The van der Waals surface area contributed by atoms with Crippen LogP contribution in [0.1, 0.15) is 0 Å². The van der Waals surface area contributed by atoms with Crippen LogP contribution in [0.4, 0.5) is 11.5 Å². The highest BCUT2D eigenvalue weighted by Crippen LogP contribution is 2.31. The normalized spacial score (nSPS) is 10.8. The van der Waals surface area contributed by atoms with E-state index in [0.717, 1.165) is 22.2 Å². The van der Waals surface area contributed by atoms with Gasteiger partial charge in [-0.1, -0.05) is 35.3 Å². The maximum atomic E-state index is 6.27. The van der Waals surface area contributed by atoms with E-state index in [1.807, 2.05) is 54.6 Å². The van der Waals surface area contributed by atoms with Gasteiger partial charge in [0.2, 0.25) is 0 Å². The van der Waals surface area contributed by atoms with Crippen LogP contribution in [0.2, 0.25) is 10.0 Å². The number of hydrogen-bond acceptors (Lipinski definition) is 4. The molecule has 2 aromatic heterocycles. The van der Waals surface area contributed by atoms with Crippen molar-refractivity contribution in [2.24, 2.45) is 0 Å². The number of para-hydroxylation sites is 1. The second-order valence-corrected chi connectivity index (χ2v) is 6.25. The number of benzene rings is 2. The summed E-state index contributed by atoms with van der Waals surface area (Å²) in [7, 11) is 0. The Bertz CT molecular complexity index is 1050. The van der Waals surface area contributed by atoms with Gasteiger partial charge in [0.15, 0.2) is 5.82 Å². The van der Waals surface area contributed by atoms with Crippen LogP contribution in [0.25, 0.3) is 22.3 Å². The van der Waals surface area contributed by atoms with Gasteiger partial charge in [0.1, 0.15) is 5.82 Å². The van der Waals surface area contributed by atoms with Gasteiger partial charge in [-0.05, 0) is 42.5 Å². The highest BCUT2D eigenvalue weighted by atomic mass is 35.5. The highest BCUT2D eigenvalue weighted by molar-refractivity contribution is 6.33. The van der Waals surface area contributed by atoms with Crippen molar-refractivity contribution >= 4 is 45.6 Å². The second-order valence-electron chi connectivity index (χ2n) is 5.40. The maximum Gasteiger partial charge on any atom is 0.163 e. The Morgan fingerprint density at radius 1 is 0.880 bits per heavy atom. The Labute approximate surface area is 154 Å². The van der Waals surface area contributed by atoms with Gasteiger partial charge < -0.3 is 5.32 Å². The molecule has 0 atom stereocenters. The van der Waals surface area contributed by atoms with Crippen LogP contribution >= 0.6 is 23.2 Å². The van der Waals surface area contributed by atoms with Gasteiger partial charge in [0.25, 0.3) is 0 Å². The van der Waals surface area contributed by atoms with Crippen molar-refractivity contribution in [1.29, 1.82) is 0 Å². The molecule has 0 spiro atoms. The van der Waals surface area contributed by atoms with E-state index in [-0.39, 0.29) is 0 Å². The van der Waals surface area contributed by atoms with Gasteiger partial charge in [-0.2, -0.15) is 0 Å². The van der Waals surface area contributed by atoms with Crippen molar-refractivity contribution in [3.63, 3.8) is 0 Å². The predicted molar refractivity (Wildman–Crippen MR) is 103 cm³/mol. The number of nitrogens with one attached hydrogen (secondary N) is 1. The van der Waals surface area contributed by atoms with Crippen molar-refractivity contribution in [2.45, 2.75) is 0 Å². The third kappa shape index (κ3) is 3.27.